The van der Waals surface area contributed by atoms with E-state index >= 15 is 0 Å². The van der Waals surface area contributed by atoms with E-state index in [4.69, 9.17) is 0 Å². The number of nitrogens with zero attached hydrogens (tertiary/aromatic N) is 2. The SMILES string of the molecule is Cc1cc(C)n([C@H](C)CC(=O)Nc2ccccc2)n1. The summed E-state index contributed by atoms with van der Waals surface area (Å²) in [6, 6.07) is 11.6. The van der Waals surface area contributed by atoms with Gasteiger partial charge in [0.1, 0.15) is 0 Å². The number of rotatable bonds is 4. The minimum atomic E-state index is 0.00579. The second kappa shape index (κ2) is 5.69. The first-order valence-electron chi connectivity index (χ1n) is 6.44. The number of anilines is 1. The van der Waals surface area contributed by atoms with Crippen LogP contribution >= 0.6 is 0 Å². The molecule has 4 heteroatoms. The minimum Gasteiger partial charge on any atom is -0.326 e. The van der Waals surface area contributed by atoms with E-state index in [9.17, 15) is 4.79 Å². The molecule has 0 saturated heterocycles. The fourth-order valence-electron chi connectivity index (χ4n) is 2.18. The second-order valence-electron chi connectivity index (χ2n) is 4.84. The Hall–Kier alpha value is -2.10. The molecule has 0 saturated carbocycles. The molecule has 0 aliphatic carbocycles. The molecule has 0 aliphatic heterocycles. The maximum Gasteiger partial charge on any atom is 0.226 e. The molecule has 1 heterocycles. The minimum absolute atomic E-state index is 0.00579. The van der Waals surface area contributed by atoms with Gasteiger partial charge in [0, 0.05) is 17.8 Å². The molecule has 19 heavy (non-hydrogen) atoms. The summed E-state index contributed by atoms with van der Waals surface area (Å²) in [6.07, 6.45) is 0.414. The van der Waals surface area contributed by atoms with Crippen molar-refractivity contribution in [3.05, 3.63) is 47.8 Å². The second-order valence-corrected chi connectivity index (χ2v) is 4.84. The Kier molecular flexibility index (Phi) is 4.00. The van der Waals surface area contributed by atoms with E-state index in [2.05, 4.69) is 10.4 Å². The van der Waals surface area contributed by atoms with E-state index in [1.807, 2.05) is 61.9 Å². The van der Waals surface area contributed by atoms with Crippen molar-refractivity contribution in [1.82, 2.24) is 9.78 Å². The summed E-state index contributed by atoms with van der Waals surface area (Å²) in [5, 5.41) is 7.30. The number of amides is 1. The Balaban J connectivity index is 1.97. The van der Waals surface area contributed by atoms with Crippen molar-refractivity contribution in [3.8, 4) is 0 Å². The third-order valence-corrected chi connectivity index (χ3v) is 3.00. The van der Waals surface area contributed by atoms with Gasteiger partial charge in [-0.2, -0.15) is 5.10 Å². The monoisotopic (exact) mass is 257 g/mol. The number of carbonyl (C=O) groups excluding carboxylic acids is 1. The average molecular weight is 257 g/mol. The molecule has 0 bridgehead atoms. The number of aryl methyl sites for hydroxylation is 2. The molecule has 0 aliphatic rings. The summed E-state index contributed by atoms with van der Waals surface area (Å²) in [5.74, 6) is 0.00579. The molecular formula is C15H19N3O. The average Bonchev–Trinajstić information content (AvgIpc) is 2.69. The Labute approximate surface area is 113 Å². The van der Waals surface area contributed by atoms with Crippen LogP contribution in [0.2, 0.25) is 0 Å². The summed E-state index contributed by atoms with van der Waals surface area (Å²) < 4.78 is 1.90. The molecule has 0 fully saturated rings. The smallest absolute Gasteiger partial charge is 0.226 e. The van der Waals surface area contributed by atoms with Crippen LogP contribution in [-0.2, 0) is 4.79 Å². The van der Waals surface area contributed by atoms with Crippen molar-refractivity contribution in [3.63, 3.8) is 0 Å². The van der Waals surface area contributed by atoms with Gasteiger partial charge in [-0.25, -0.2) is 0 Å². The molecule has 1 amide bonds. The van der Waals surface area contributed by atoms with Crippen LogP contribution in [-0.4, -0.2) is 15.7 Å². The summed E-state index contributed by atoms with van der Waals surface area (Å²) in [6.45, 7) is 5.97. The van der Waals surface area contributed by atoms with Crippen molar-refractivity contribution in [2.75, 3.05) is 5.32 Å². The van der Waals surface area contributed by atoms with Gasteiger partial charge in [0.25, 0.3) is 0 Å². The lowest BCUT2D eigenvalue weighted by Crippen LogP contribution is -2.19. The maximum atomic E-state index is 12.0. The largest absolute Gasteiger partial charge is 0.326 e. The van der Waals surface area contributed by atoms with Gasteiger partial charge < -0.3 is 5.32 Å². The fraction of sp³-hybridized carbons (Fsp3) is 0.333. The number of carbonyl (C=O) groups is 1. The van der Waals surface area contributed by atoms with Gasteiger partial charge in [-0.1, -0.05) is 18.2 Å². The Morgan fingerprint density at radius 3 is 2.58 bits per heavy atom. The highest BCUT2D eigenvalue weighted by Gasteiger charge is 2.13. The number of para-hydroxylation sites is 1. The van der Waals surface area contributed by atoms with E-state index in [0.717, 1.165) is 17.1 Å². The predicted molar refractivity (Wildman–Crippen MR) is 76.1 cm³/mol. The van der Waals surface area contributed by atoms with Gasteiger partial charge in [0.2, 0.25) is 5.91 Å². The quantitative estimate of drug-likeness (QED) is 0.915. The molecular weight excluding hydrogens is 238 g/mol. The normalized spacial score (nSPS) is 12.2. The van der Waals surface area contributed by atoms with Crippen LogP contribution in [0.15, 0.2) is 36.4 Å². The van der Waals surface area contributed by atoms with Crippen molar-refractivity contribution >= 4 is 11.6 Å². The first-order chi connectivity index (χ1) is 9.06. The van der Waals surface area contributed by atoms with Crippen LogP contribution < -0.4 is 5.32 Å². The van der Waals surface area contributed by atoms with Crippen molar-refractivity contribution in [1.29, 1.82) is 0 Å². The topological polar surface area (TPSA) is 46.9 Å². The number of nitrogens with one attached hydrogen (secondary N) is 1. The number of hydrogen-bond acceptors (Lipinski definition) is 2. The van der Waals surface area contributed by atoms with Crippen LogP contribution in [0, 0.1) is 13.8 Å². The standard InChI is InChI=1S/C15H19N3O/c1-11-9-12(2)18(17-11)13(3)10-15(19)16-14-7-5-4-6-8-14/h4-9,13H,10H2,1-3H3,(H,16,19)/t13-/m1/s1. The van der Waals surface area contributed by atoms with Crippen molar-refractivity contribution < 1.29 is 4.79 Å². The molecule has 1 aromatic heterocycles. The molecule has 1 N–H and O–H groups in total. The lowest BCUT2D eigenvalue weighted by molar-refractivity contribution is -0.116. The van der Waals surface area contributed by atoms with Crippen molar-refractivity contribution in [2.45, 2.75) is 33.2 Å². The lowest BCUT2D eigenvalue weighted by Gasteiger charge is -2.14. The van der Waals surface area contributed by atoms with Gasteiger partial charge in [0.05, 0.1) is 11.7 Å². The van der Waals surface area contributed by atoms with E-state index < -0.39 is 0 Å². The van der Waals surface area contributed by atoms with E-state index in [-0.39, 0.29) is 11.9 Å². The van der Waals surface area contributed by atoms with Crippen LogP contribution in [0.4, 0.5) is 5.69 Å². The highest BCUT2D eigenvalue weighted by atomic mass is 16.1. The van der Waals surface area contributed by atoms with Crippen LogP contribution in [0.1, 0.15) is 30.8 Å². The van der Waals surface area contributed by atoms with Crippen molar-refractivity contribution in [2.24, 2.45) is 0 Å². The summed E-state index contributed by atoms with van der Waals surface area (Å²) >= 11 is 0. The first-order valence-corrected chi connectivity index (χ1v) is 6.44. The first kappa shape index (κ1) is 13.3. The maximum absolute atomic E-state index is 12.0. The summed E-state index contributed by atoms with van der Waals surface area (Å²) in [4.78, 5) is 12.0. The van der Waals surface area contributed by atoms with Crippen LogP contribution in [0.25, 0.3) is 0 Å². The number of hydrogen-bond donors (Lipinski definition) is 1. The van der Waals surface area contributed by atoms with Gasteiger partial charge in [-0.3, -0.25) is 9.48 Å². The van der Waals surface area contributed by atoms with E-state index in [0.29, 0.717) is 6.42 Å². The third-order valence-electron chi connectivity index (χ3n) is 3.00. The highest BCUT2D eigenvalue weighted by molar-refractivity contribution is 5.90. The molecule has 2 rings (SSSR count). The van der Waals surface area contributed by atoms with Gasteiger partial charge in [-0.15, -0.1) is 0 Å². The van der Waals surface area contributed by atoms with Crippen LogP contribution in [0.5, 0.6) is 0 Å². The zero-order valence-electron chi connectivity index (χ0n) is 11.6. The summed E-state index contributed by atoms with van der Waals surface area (Å²) in [7, 11) is 0. The molecule has 0 radical (unpaired) electrons. The van der Waals surface area contributed by atoms with Gasteiger partial charge >= 0.3 is 0 Å². The summed E-state index contributed by atoms with van der Waals surface area (Å²) in [5.41, 5.74) is 2.89. The zero-order valence-corrected chi connectivity index (χ0v) is 11.6. The predicted octanol–water partition coefficient (Wildman–Crippen LogP) is 3.09. The highest BCUT2D eigenvalue weighted by Crippen LogP contribution is 2.15. The molecule has 2 aromatic rings. The molecule has 4 nitrogen and oxygen atoms in total. The number of aromatic nitrogens is 2. The Bertz CT molecular complexity index is 560. The molecule has 0 unspecified atom stereocenters. The fourth-order valence-corrected chi connectivity index (χ4v) is 2.18. The van der Waals surface area contributed by atoms with Crippen LogP contribution in [0.3, 0.4) is 0 Å². The Morgan fingerprint density at radius 2 is 2.00 bits per heavy atom. The van der Waals surface area contributed by atoms with E-state index in [1.165, 1.54) is 0 Å². The van der Waals surface area contributed by atoms with Gasteiger partial charge in [-0.05, 0) is 39.0 Å². The Morgan fingerprint density at radius 1 is 1.32 bits per heavy atom. The number of benzene rings is 1. The molecule has 1 atom stereocenters. The molecule has 0 spiro atoms. The molecule has 100 valence electrons. The van der Waals surface area contributed by atoms with Gasteiger partial charge in [0.15, 0.2) is 0 Å². The lowest BCUT2D eigenvalue weighted by atomic mass is 10.2. The zero-order chi connectivity index (χ0) is 13.8. The third kappa shape index (κ3) is 3.44. The molecule has 1 aromatic carbocycles. The van der Waals surface area contributed by atoms with E-state index in [1.54, 1.807) is 0 Å².